The Balaban J connectivity index is 1.54. The van der Waals surface area contributed by atoms with Gasteiger partial charge in [0.15, 0.2) is 0 Å². The first-order valence-electron chi connectivity index (χ1n) is 9.27. The van der Waals surface area contributed by atoms with Crippen LogP contribution in [0.3, 0.4) is 0 Å². The molecule has 6 nitrogen and oxygen atoms in total. The fraction of sp³-hybridized carbons (Fsp3) is 0.130. The highest BCUT2D eigenvalue weighted by Crippen LogP contribution is 2.24. The van der Waals surface area contributed by atoms with Crippen molar-refractivity contribution in [2.45, 2.75) is 6.61 Å². The van der Waals surface area contributed by atoms with Gasteiger partial charge < -0.3 is 20.7 Å². The van der Waals surface area contributed by atoms with E-state index in [4.69, 9.17) is 4.74 Å². The van der Waals surface area contributed by atoms with Crippen LogP contribution in [0.15, 0.2) is 78.9 Å². The van der Waals surface area contributed by atoms with Crippen LogP contribution in [0, 0.1) is 0 Å². The smallest absolute Gasteiger partial charge is 0.251 e. The van der Waals surface area contributed by atoms with Crippen LogP contribution in [0.4, 0.5) is 11.4 Å². The molecular formula is C23H23N3O3. The SMILES string of the molecule is CNC(=O)c1ccc(NCC(=O)Nc2ccccc2OCc2ccccc2)cc1. The molecule has 0 aliphatic rings. The summed E-state index contributed by atoms with van der Waals surface area (Å²) < 4.78 is 5.86. The van der Waals surface area contributed by atoms with Gasteiger partial charge in [0, 0.05) is 18.3 Å². The van der Waals surface area contributed by atoms with Gasteiger partial charge in [-0.3, -0.25) is 9.59 Å². The second kappa shape index (κ2) is 9.94. The molecule has 3 rings (SSSR count). The van der Waals surface area contributed by atoms with Crippen LogP contribution < -0.4 is 20.7 Å². The molecule has 0 spiro atoms. The van der Waals surface area contributed by atoms with Gasteiger partial charge in [0.05, 0.1) is 12.2 Å². The maximum atomic E-state index is 12.3. The molecule has 148 valence electrons. The van der Waals surface area contributed by atoms with E-state index in [-0.39, 0.29) is 18.4 Å². The number of carbonyl (C=O) groups is 2. The summed E-state index contributed by atoms with van der Waals surface area (Å²) in [5.41, 5.74) is 2.98. The topological polar surface area (TPSA) is 79.5 Å². The molecule has 0 aliphatic heterocycles. The second-order valence-corrected chi connectivity index (χ2v) is 6.33. The maximum absolute atomic E-state index is 12.3. The van der Waals surface area contributed by atoms with Gasteiger partial charge in [0.2, 0.25) is 5.91 Å². The molecule has 0 saturated carbocycles. The lowest BCUT2D eigenvalue weighted by molar-refractivity contribution is -0.114. The van der Waals surface area contributed by atoms with Crippen molar-refractivity contribution < 1.29 is 14.3 Å². The van der Waals surface area contributed by atoms with Gasteiger partial charge in [0.25, 0.3) is 5.91 Å². The maximum Gasteiger partial charge on any atom is 0.251 e. The first kappa shape index (κ1) is 19.9. The second-order valence-electron chi connectivity index (χ2n) is 6.33. The highest BCUT2D eigenvalue weighted by atomic mass is 16.5. The molecule has 0 atom stereocenters. The quantitative estimate of drug-likeness (QED) is 0.549. The molecule has 3 aromatic carbocycles. The Bertz CT molecular complexity index is 957. The van der Waals surface area contributed by atoms with Crippen molar-refractivity contribution in [3.63, 3.8) is 0 Å². The summed E-state index contributed by atoms with van der Waals surface area (Å²) in [5, 5.41) is 8.48. The van der Waals surface area contributed by atoms with E-state index in [9.17, 15) is 9.59 Å². The summed E-state index contributed by atoms with van der Waals surface area (Å²) >= 11 is 0. The van der Waals surface area contributed by atoms with Gasteiger partial charge in [0.1, 0.15) is 12.4 Å². The number of benzene rings is 3. The largest absolute Gasteiger partial charge is 0.487 e. The van der Waals surface area contributed by atoms with Crippen LogP contribution in [-0.4, -0.2) is 25.4 Å². The monoisotopic (exact) mass is 389 g/mol. The number of para-hydroxylation sites is 2. The van der Waals surface area contributed by atoms with Crippen LogP contribution in [0.2, 0.25) is 0 Å². The van der Waals surface area contributed by atoms with Crippen molar-refractivity contribution in [1.29, 1.82) is 0 Å². The van der Waals surface area contributed by atoms with E-state index in [1.165, 1.54) is 0 Å². The van der Waals surface area contributed by atoms with E-state index in [1.54, 1.807) is 37.4 Å². The minimum absolute atomic E-state index is 0.0896. The molecule has 3 aromatic rings. The van der Waals surface area contributed by atoms with Crippen LogP contribution in [0.1, 0.15) is 15.9 Å². The van der Waals surface area contributed by atoms with Gasteiger partial charge in [-0.1, -0.05) is 42.5 Å². The molecule has 3 N–H and O–H groups in total. The number of nitrogens with one attached hydrogen (secondary N) is 3. The summed E-state index contributed by atoms with van der Waals surface area (Å²) in [6, 6.07) is 24.1. The number of rotatable bonds is 8. The van der Waals surface area contributed by atoms with Gasteiger partial charge in [-0.25, -0.2) is 0 Å². The normalized spacial score (nSPS) is 10.1. The molecule has 0 saturated heterocycles. The Morgan fingerprint density at radius 1 is 0.862 bits per heavy atom. The molecule has 29 heavy (non-hydrogen) atoms. The molecule has 2 amide bonds. The van der Waals surface area contributed by atoms with Crippen molar-refractivity contribution in [1.82, 2.24) is 5.32 Å². The third kappa shape index (κ3) is 5.84. The zero-order chi connectivity index (χ0) is 20.5. The average Bonchev–Trinajstić information content (AvgIpc) is 2.77. The molecule has 0 unspecified atom stereocenters. The van der Waals surface area contributed by atoms with Crippen LogP contribution in [-0.2, 0) is 11.4 Å². The third-order valence-electron chi connectivity index (χ3n) is 4.23. The van der Waals surface area contributed by atoms with Gasteiger partial charge in [-0.2, -0.15) is 0 Å². The molecule has 0 aliphatic carbocycles. The molecular weight excluding hydrogens is 366 g/mol. The number of hydrogen-bond donors (Lipinski definition) is 3. The lowest BCUT2D eigenvalue weighted by Crippen LogP contribution is -2.22. The fourth-order valence-electron chi connectivity index (χ4n) is 2.69. The number of carbonyl (C=O) groups excluding carboxylic acids is 2. The minimum atomic E-state index is -0.198. The molecule has 0 heterocycles. The highest BCUT2D eigenvalue weighted by molar-refractivity contribution is 5.96. The number of ether oxygens (including phenoxy) is 1. The zero-order valence-electron chi connectivity index (χ0n) is 16.1. The Morgan fingerprint density at radius 2 is 1.55 bits per heavy atom. The first-order valence-corrected chi connectivity index (χ1v) is 9.27. The molecule has 6 heteroatoms. The number of hydrogen-bond acceptors (Lipinski definition) is 4. The Morgan fingerprint density at radius 3 is 2.28 bits per heavy atom. The van der Waals surface area contributed by atoms with E-state index < -0.39 is 0 Å². The van der Waals surface area contributed by atoms with Crippen molar-refractivity contribution in [3.8, 4) is 5.75 Å². The van der Waals surface area contributed by atoms with E-state index in [0.29, 0.717) is 23.6 Å². The molecule has 0 radical (unpaired) electrons. The summed E-state index contributed by atoms with van der Waals surface area (Å²) in [6.07, 6.45) is 0. The standard InChI is InChI=1S/C23H23N3O3/c1-24-23(28)18-11-13-19(14-12-18)25-15-22(27)26-20-9-5-6-10-21(20)29-16-17-7-3-2-4-8-17/h2-14,25H,15-16H2,1H3,(H,24,28)(H,26,27). The first-order chi connectivity index (χ1) is 14.2. The summed E-state index contributed by atoms with van der Waals surface area (Å²) in [4.78, 5) is 23.9. The van der Waals surface area contributed by atoms with E-state index in [0.717, 1.165) is 11.3 Å². The fourth-order valence-corrected chi connectivity index (χ4v) is 2.69. The summed E-state index contributed by atoms with van der Waals surface area (Å²) in [7, 11) is 1.58. The minimum Gasteiger partial charge on any atom is -0.487 e. The Kier molecular flexibility index (Phi) is 6.84. The number of amides is 2. The van der Waals surface area contributed by atoms with Crippen LogP contribution in [0.5, 0.6) is 5.75 Å². The Hall–Kier alpha value is -3.80. The van der Waals surface area contributed by atoms with Crippen LogP contribution >= 0.6 is 0 Å². The van der Waals surface area contributed by atoms with E-state index in [2.05, 4.69) is 16.0 Å². The molecule has 0 aromatic heterocycles. The number of anilines is 2. The van der Waals surface area contributed by atoms with Gasteiger partial charge in [-0.15, -0.1) is 0 Å². The van der Waals surface area contributed by atoms with Gasteiger partial charge in [-0.05, 0) is 42.0 Å². The average molecular weight is 389 g/mol. The Labute approximate surface area is 169 Å². The van der Waals surface area contributed by atoms with E-state index >= 15 is 0 Å². The predicted molar refractivity (Wildman–Crippen MR) is 114 cm³/mol. The van der Waals surface area contributed by atoms with Crippen molar-refractivity contribution in [3.05, 3.63) is 90.0 Å². The summed E-state index contributed by atoms with van der Waals surface area (Å²) in [5.74, 6) is 0.261. The highest BCUT2D eigenvalue weighted by Gasteiger charge is 2.08. The van der Waals surface area contributed by atoms with Crippen molar-refractivity contribution in [2.75, 3.05) is 24.2 Å². The third-order valence-corrected chi connectivity index (χ3v) is 4.23. The summed E-state index contributed by atoms with van der Waals surface area (Å²) in [6.45, 7) is 0.510. The predicted octanol–water partition coefficient (Wildman–Crippen LogP) is 3.68. The molecule has 0 fully saturated rings. The zero-order valence-corrected chi connectivity index (χ0v) is 16.1. The lowest BCUT2D eigenvalue weighted by Gasteiger charge is -2.13. The van der Waals surface area contributed by atoms with Gasteiger partial charge >= 0.3 is 0 Å². The lowest BCUT2D eigenvalue weighted by atomic mass is 10.2. The molecule has 0 bridgehead atoms. The van der Waals surface area contributed by atoms with E-state index in [1.807, 2.05) is 48.5 Å². The van der Waals surface area contributed by atoms with Crippen molar-refractivity contribution in [2.24, 2.45) is 0 Å². The van der Waals surface area contributed by atoms with Crippen LogP contribution in [0.25, 0.3) is 0 Å². The van der Waals surface area contributed by atoms with Crippen molar-refractivity contribution >= 4 is 23.2 Å².